The summed E-state index contributed by atoms with van der Waals surface area (Å²) in [6.45, 7) is 9.06. The van der Waals surface area contributed by atoms with Crippen molar-refractivity contribution >= 4 is 35.2 Å². The summed E-state index contributed by atoms with van der Waals surface area (Å²) in [6.07, 6.45) is -0.732. The number of ketones is 1. The maximum absolute atomic E-state index is 14.1. The number of rotatable bonds is 10. The molecule has 3 amide bonds. The van der Waals surface area contributed by atoms with E-state index in [0.717, 1.165) is 10.5 Å². The van der Waals surface area contributed by atoms with Crippen LogP contribution in [-0.2, 0) is 38.9 Å². The summed E-state index contributed by atoms with van der Waals surface area (Å²) >= 11 is 0. The van der Waals surface area contributed by atoms with E-state index in [9.17, 15) is 41.5 Å². The lowest BCUT2D eigenvalue weighted by Crippen LogP contribution is -2.50. The molecule has 1 unspecified atom stereocenters. The Morgan fingerprint density at radius 3 is 2.22 bits per heavy atom. The molecule has 49 heavy (non-hydrogen) atoms. The molecule has 2 N–H and O–H groups in total. The van der Waals surface area contributed by atoms with Gasteiger partial charge in [-0.25, -0.2) is 8.78 Å². The van der Waals surface area contributed by atoms with Gasteiger partial charge < -0.3 is 29.7 Å². The van der Waals surface area contributed by atoms with Gasteiger partial charge in [0, 0.05) is 31.3 Å². The van der Waals surface area contributed by atoms with Crippen LogP contribution in [0.1, 0.15) is 59.9 Å². The second kappa shape index (κ2) is 16.2. The third kappa shape index (κ3) is 11.0. The lowest BCUT2D eigenvalue weighted by Gasteiger charge is -2.26. The van der Waals surface area contributed by atoms with E-state index >= 15 is 0 Å². The van der Waals surface area contributed by atoms with Crippen LogP contribution in [0.15, 0.2) is 30.3 Å². The molecule has 2 atom stereocenters. The Morgan fingerprint density at radius 1 is 0.980 bits per heavy atom. The first-order valence-corrected chi connectivity index (χ1v) is 15.6. The molecule has 0 radical (unpaired) electrons. The highest BCUT2D eigenvalue weighted by molar-refractivity contribution is 6.39. The van der Waals surface area contributed by atoms with Crippen LogP contribution < -0.4 is 15.4 Å². The third-order valence-electron chi connectivity index (χ3n) is 7.29. The summed E-state index contributed by atoms with van der Waals surface area (Å²) in [5.41, 5.74) is 0.0359. The monoisotopic (exact) mass is 695 g/mol. The predicted molar refractivity (Wildman–Crippen MR) is 168 cm³/mol. The van der Waals surface area contributed by atoms with Crippen molar-refractivity contribution in [1.82, 2.24) is 10.2 Å². The van der Waals surface area contributed by atoms with Crippen molar-refractivity contribution in [1.29, 1.82) is 0 Å². The zero-order chi connectivity index (χ0) is 36.7. The fourth-order valence-electron chi connectivity index (χ4n) is 4.90. The van der Waals surface area contributed by atoms with E-state index in [1.54, 1.807) is 32.9 Å². The van der Waals surface area contributed by atoms with Crippen molar-refractivity contribution in [3.8, 4) is 5.75 Å². The molecule has 15 heteroatoms. The minimum Gasteiger partial charge on any atom is -0.479 e. The topological polar surface area (TPSA) is 140 Å². The summed E-state index contributed by atoms with van der Waals surface area (Å²) in [4.78, 5) is 66.4. The van der Waals surface area contributed by atoms with Crippen LogP contribution in [0.3, 0.4) is 0 Å². The zero-order valence-corrected chi connectivity index (χ0v) is 28.2. The van der Waals surface area contributed by atoms with Crippen LogP contribution >= 0.6 is 0 Å². The van der Waals surface area contributed by atoms with Gasteiger partial charge in [-0.3, -0.25) is 24.0 Å². The van der Waals surface area contributed by atoms with E-state index in [4.69, 9.17) is 14.2 Å². The fourth-order valence-corrected chi connectivity index (χ4v) is 4.90. The summed E-state index contributed by atoms with van der Waals surface area (Å²) in [6, 6.07) is 5.48. The van der Waals surface area contributed by atoms with Crippen LogP contribution in [0, 0.1) is 29.2 Å². The molecular weight excluding hydrogens is 654 g/mol. The van der Waals surface area contributed by atoms with Crippen molar-refractivity contribution in [2.45, 2.75) is 71.4 Å². The first kappa shape index (κ1) is 38.9. The molecule has 2 aromatic rings. The standard InChI is InChI=1S/C34H41F4N3O8/c1-33(2,3)20-9-7-8-10-23(20)39-31(45)32(46)41-13-14-47-17-19(16-41)30(44)40-24(11-12-26(43)49-34(4,5)6)25(42)18-48-29-27(37)21(35)15-22(36)28(29)38/h7-10,15,19,24H,11-14,16-18H2,1-6H3,(H,39,45)(H,40,44)/t19?,24-/m0/s1. The number of hydrogen-bond acceptors (Lipinski definition) is 8. The Morgan fingerprint density at radius 2 is 1.61 bits per heavy atom. The molecule has 0 spiro atoms. The molecule has 1 aliphatic heterocycles. The lowest BCUT2D eigenvalue weighted by molar-refractivity contribution is -0.155. The Balaban J connectivity index is 1.75. The molecule has 2 aromatic carbocycles. The number of hydrogen-bond donors (Lipinski definition) is 2. The van der Waals surface area contributed by atoms with Gasteiger partial charge in [-0.05, 0) is 44.2 Å². The molecule has 0 saturated carbocycles. The Hall–Kier alpha value is -4.53. The van der Waals surface area contributed by atoms with Gasteiger partial charge in [0.1, 0.15) is 12.2 Å². The number of nitrogens with one attached hydrogen (secondary N) is 2. The van der Waals surface area contributed by atoms with E-state index in [2.05, 4.69) is 10.6 Å². The predicted octanol–water partition coefficient (Wildman–Crippen LogP) is 4.21. The second-order valence-corrected chi connectivity index (χ2v) is 13.5. The summed E-state index contributed by atoms with van der Waals surface area (Å²) in [5, 5.41) is 5.08. The molecule has 1 aliphatic rings. The first-order chi connectivity index (χ1) is 22.8. The smallest absolute Gasteiger partial charge is 0.313 e. The average molecular weight is 696 g/mol. The van der Waals surface area contributed by atoms with Crippen LogP contribution in [0.5, 0.6) is 5.75 Å². The molecule has 268 valence electrons. The number of halogens is 4. The largest absolute Gasteiger partial charge is 0.479 e. The van der Waals surface area contributed by atoms with E-state index in [1.807, 2.05) is 32.9 Å². The Bertz CT molecular complexity index is 1550. The van der Waals surface area contributed by atoms with Gasteiger partial charge >= 0.3 is 17.8 Å². The highest BCUT2D eigenvalue weighted by Gasteiger charge is 2.34. The van der Waals surface area contributed by atoms with Gasteiger partial charge in [0.25, 0.3) is 0 Å². The number of para-hydroxylation sites is 1. The van der Waals surface area contributed by atoms with E-state index in [1.165, 1.54) is 0 Å². The van der Waals surface area contributed by atoms with Gasteiger partial charge in [-0.2, -0.15) is 8.78 Å². The van der Waals surface area contributed by atoms with Crippen molar-refractivity contribution < 1.29 is 55.7 Å². The van der Waals surface area contributed by atoms with E-state index in [-0.39, 0.29) is 50.6 Å². The molecular formula is C34H41F4N3O8. The molecule has 0 aliphatic carbocycles. The molecule has 11 nitrogen and oxygen atoms in total. The molecule has 1 fully saturated rings. The highest BCUT2D eigenvalue weighted by atomic mass is 19.2. The fraction of sp³-hybridized carbons (Fsp3) is 0.500. The summed E-state index contributed by atoms with van der Waals surface area (Å²) < 4.78 is 71.1. The number of anilines is 1. The number of carbonyl (C=O) groups excluding carboxylic acids is 5. The molecule has 0 aromatic heterocycles. The SMILES string of the molecule is CC(C)(C)OC(=O)CC[C@H](NC(=O)C1COCCN(C(=O)C(=O)Nc2ccccc2C(C)(C)C)C1)C(=O)COc1c(F)c(F)cc(F)c1F. The first-order valence-electron chi connectivity index (χ1n) is 15.6. The van der Waals surface area contributed by atoms with Gasteiger partial charge in [0.05, 0.1) is 25.2 Å². The van der Waals surface area contributed by atoms with E-state index in [0.29, 0.717) is 5.69 Å². The third-order valence-corrected chi connectivity index (χ3v) is 7.29. The highest BCUT2D eigenvalue weighted by Crippen LogP contribution is 2.29. The number of Topliss-reactive ketones (excluding diaryl/α,β-unsaturated/α-hetero) is 1. The molecule has 3 rings (SSSR count). The number of benzene rings is 2. The summed E-state index contributed by atoms with van der Waals surface area (Å²) in [7, 11) is 0. The van der Waals surface area contributed by atoms with Gasteiger partial charge in [-0.1, -0.05) is 39.0 Å². The molecule has 1 saturated heterocycles. The number of nitrogens with zero attached hydrogens (tertiary/aromatic N) is 1. The van der Waals surface area contributed by atoms with Crippen LogP contribution in [0.4, 0.5) is 23.2 Å². The number of carbonyl (C=O) groups is 5. The van der Waals surface area contributed by atoms with Crippen LogP contribution in [-0.4, -0.2) is 78.9 Å². The van der Waals surface area contributed by atoms with Crippen molar-refractivity contribution in [2.75, 3.05) is 38.2 Å². The Kier molecular flexibility index (Phi) is 12.9. The zero-order valence-electron chi connectivity index (χ0n) is 28.2. The quantitative estimate of drug-likeness (QED) is 0.163. The maximum atomic E-state index is 14.1. The Labute approximate surface area is 281 Å². The average Bonchev–Trinajstić information content (AvgIpc) is 3.27. The number of amides is 3. The van der Waals surface area contributed by atoms with Gasteiger partial charge in [0.15, 0.2) is 23.2 Å². The van der Waals surface area contributed by atoms with E-state index < -0.39 is 82.7 Å². The number of ether oxygens (including phenoxy) is 3. The molecule has 1 heterocycles. The van der Waals surface area contributed by atoms with Gasteiger partial charge in [0.2, 0.25) is 17.5 Å². The normalized spacial score (nSPS) is 15.9. The van der Waals surface area contributed by atoms with Crippen molar-refractivity contribution in [3.05, 3.63) is 59.2 Å². The molecule has 0 bridgehead atoms. The maximum Gasteiger partial charge on any atom is 0.313 e. The van der Waals surface area contributed by atoms with Crippen LogP contribution in [0.2, 0.25) is 0 Å². The van der Waals surface area contributed by atoms with Crippen molar-refractivity contribution in [2.24, 2.45) is 5.92 Å². The van der Waals surface area contributed by atoms with Gasteiger partial charge in [-0.15, -0.1) is 0 Å². The minimum atomic E-state index is -1.87. The minimum absolute atomic E-state index is 0.00244. The lowest BCUT2D eigenvalue weighted by atomic mass is 9.86. The van der Waals surface area contributed by atoms with Crippen LogP contribution in [0.25, 0.3) is 0 Å². The summed E-state index contributed by atoms with van der Waals surface area (Å²) in [5.74, 6) is -14.2. The number of esters is 1. The second-order valence-electron chi connectivity index (χ2n) is 13.5. The van der Waals surface area contributed by atoms with Crippen molar-refractivity contribution in [3.63, 3.8) is 0 Å².